The van der Waals surface area contributed by atoms with Gasteiger partial charge in [0.2, 0.25) is 0 Å². The molecule has 118 valence electrons. The molecule has 2 fully saturated rings. The van der Waals surface area contributed by atoms with Gasteiger partial charge in [0.05, 0.1) is 20.7 Å². The summed E-state index contributed by atoms with van der Waals surface area (Å²) >= 11 is 2.57. The molecule has 0 aromatic rings. The van der Waals surface area contributed by atoms with E-state index in [0.29, 0.717) is 6.10 Å². The predicted octanol–water partition coefficient (Wildman–Crippen LogP) is 2.71. The van der Waals surface area contributed by atoms with E-state index in [1.165, 1.54) is 25.9 Å². The summed E-state index contributed by atoms with van der Waals surface area (Å²) in [6.45, 7) is 9.71. The molecule has 0 bridgehead atoms. The van der Waals surface area contributed by atoms with Crippen molar-refractivity contribution in [2.45, 2.75) is 35.9 Å². The van der Waals surface area contributed by atoms with Crippen LogP contribution in [-0.2, 0) is 9.26 Å². The highest BCUT2D eigenvalue weighted by Crippen LogP contribution is 2.40. The van der Waals surface area contributed by atoms with Crippen LogP contribution in [0.15, 0.2) is 0 Å². The standard InChI is InChI=1S/C14H29IN2O2P/c1-12-9-17(2,3)10-14(19-12)11-18-20(4)16-7-5-13(15)6-8-16/h12-14H,5-11H2,1-4H3/q+1. The summed E-state index contributed by atoms with van der Waals surface area (Å²) in [7, 11) is 4.12. The van der Waals surface area contributed by atoms with Gasteiger partial charge in [-0.3, -0.25) is 4.67 Å². The Morgan fingerprint density at radius 2 is 1.95 bits per heavy atom. The van der Waals surface area contributed by atoms with Crippen molar-refractivity contribution in [1.82, 2.24) is 4.67 Å². The molecule has 3 unspecified atom stereocenters. The van der Waals surface area contributed by atoms with Gasteiger partial charge in [-0.2, -0.15) is 0 Å². The average molecular weight is 415 g/mol. The number of likely N-dealkylation sites (N-methyl/N-ethyl adjacent to an activating group) is 1. The van der Waals surface area contributed by atoms with Gasteiger partial charge in [0.15, 0.2) is 0 Å². The van der Waals surface area contributed by atoms with Gasteiger partial charge in [0.25, 0.3) is 0 Å². The van der Waals surface area contributed by atoms with Crippen LogP contribution in [0.5, 0.6) is 0 Å². The molecule has 3 atom stereocenters. The van der Waals surface area contributed by atoms with Crippen molar-refractivity contribution in [3.63, 3.8) is 0 Å². The molecule has 0 spiro atoms. The lowest BCUT2D eigenvalue weighted by atomic mass is 10.2. The zero-order valence-corrected chi connectivity index (χ0v) is 16.3. The second-order valence-electron chi connectivity index (χ2n) is 6.76. The Morgan fingerprint density at radius 1 is 1.30 bits per heavy atom. The number of nitrogens with zero attached hydrogens (tertiary/aromatic N) is 2. The van der Waals surface area contributed by atoms with Crippen LogP contribution in [0, 0.1) is 0 Å². The maximum atomic E-state index is 6.15. The number of rotatable bonds is 4. The fourth-order valence-corrected chi connectivity index (χ4v) is 5.11. The molecule has 0 radical (unpaired) electrons. The Balaban J connectivity index is 1.74. The topological polar surface area (TPSA) is 21.7 Å². The van der Waals surface area contributed by atoms with E-state index in [9.17, 15) is 0 Å². The van der Waals surface area contributed by atoms with Gasteiger partial charge >= 0.3 is 0 Å². The van der Waals surface area contributed by atoms with Crippen LogP contribution >= 0.6 is 30.9 Å². The lowest BCUT2D eigenvalue weighted by molar-refractivity contribution is -0.905. The van der Waals surface area contributed by atoms with Crippen LogP contribution in [0.25, 0.3) is 0 Å². The predicted molar refractivity (Wildman–Crippen MR) is 93.6 cm³/mol. The van der Waals surface area contributed by atoms with Crippen molar-refractivity contribution in [3.8, 4) is 0 Å². The van der Waals surface area contributed by atoms with Gasteiger partial charge < -0.3 is 13.7 Å². The van der Waals surface area contributed by atoms with Gasteiger partial charge in [-0.15, -0.1) is 0 Å². The smallest absolute Gasteiger partial charge is 0.131 e. The van der Waals surface area contributed by atoms with E-state index in [1.807, 2.05) is 0 Å². The summed E-state index contributed by atoms with van der Waals surface area (Å²) in [4.78, 5) is 0. The van der Waals surface area contributed by atoms with Crippen molar-refractivity contribution in [1.29, 1.82) is 0 Å². The Labute approximate surface area is 138 Å². The van der Waals surface area contributed by atoms with E-state index in [-0.39, 0.29) is 6.10 Å². The molecule has 2 heterocycles. The van der Waals surface area contributed by atoms with Crippen LogP contribution in [0.4, 0.5) is 0 Å². The first-order chi connectivity index (χ1) is 9.35. The molecule has 0 aromatic carbocycles. The monoisotopic (exact) mass is 415 g/mol. The highest BCUT2D eigenvalue weighted by molar-refractivity contribution is 14.1. The van der Waals surface area contributed by atoms with Crippen LogP contribution < -0.4 is 0 Å². The van der Waals surface area contributed by atoms with Crippen LogP contribution in [0.2, 0.25) is 0 Å². The zero-order valence-electron chi connectivity index (χ0n) is 13.2. The van der Waals surface area contributed by atoms with Crippen LogP contribution in [0.1, 0.15) is 19.8 Å². The second-order valence-corrected chi connectivity index (χ2v) is 10.3. The molecule has 0 aliphatic carbocycles. The number of hydrogen-bond donors (Lipinski definition) is 0. The Hall–Kier alpha value is 1.00. The number of alkyl halides is 1. The molecule has 2 rings (SSSR count). The van der Waals surface area contributed by atoms with Gasteiger partial charge in [0.1, 0.15) is 33.6 Å². The molecule has 2 aliphatic heterocycles. The first-order valence-electron chi connectivity index (χ1n) is 7.59. The maximum absolute atomic E-state index is 6.15. The quantitative estimate of drug-likeness (QED) is 0.305. The molecule has 0 amide bonds. The van der Waals surface area contributed by atoms with Crippen molar-refractivity contribution in [2.24, 2.45) is 0 Å². The highest BCUT2D eigenvalue weighted by Gasteiger charge is 2.33. The normalized spacial score (nSPS) is 34.0. The molecular weight excluding hydrogens is 386 g/mol. The molecule has 4 nitrogen and oxygen atoms in total. The van der Waals surface area contributed by atoms with Crippen LogP contribution in [-0.4, -0.2) is 78.8 Å². The van der Waals surface area contributed by atoms with Gasteiger partial charge in [-0.1, -0.05) is 22.6 Å². The molecule has 0 aromatic heterocycles. The number of piperidine rings is 1. The summed E-state index contributed by atoms with van der Waals surface area (Å²) in [5.41, 5.74) is 0. The Morgan fingerprint density at radius 3 is 2.55 bits per heavy atom. The lowest BCUT2D eigenvalue weighted by Crippen LogP contribution is -2.56. The number of hydrogen-bond acceptors (Lipinski definition) is 3. The third kappa shape index (κ3) is 5.33. The van der Waals surface area contributed by atoms with E-state index in [2.05, 4.69) is 54.9 Å². The molecule has 2 saturated heterocycles. The third-order valence-electron chi connectivity index (χ3n) is 4.12. The summed E-state index contributed by atoms with van der Waals surface area (Å²) in [6.07, 6.45) is 3.20. The number of ether oxygens (including phenoxy) is 1. The minimum atomic E-state index is -0.445. The molecular formula is C14H29IN2O2P+. The molecule has 2 aliphatic rings. The largest absolute Gasteiger partial charge is 0.361 e. The summed E-state index contributed by atoms with van der Waals surface area (Å²) in [5, 5.41) is 0. The Kier molecular flexibility index (Phi) is 6.52. The fourth-order valence-electron chi connectivity index (χ4n) is 3.22. The molecule has 0 N–H and O–H groups in total. The first kappa shape index (κ1) is 17.4. The highest BCUT2D eigenvalue weighted by atomic mass is 127. The first-order valence-corrected chi connectivity index (χ1v) is 10.5. The van der Waals surface area contributed by atoms with Gasteiger partial charge in [-0.25, -0.2) is 0 Å². The third-order valence-corrected chi connectivity index (χ3v) is 7.09. The number of quaternary nitrogens is 1. The maximum Gasteiger partial charge on any atom is 0.131 e. The van der Waals surface area contributed by atoms with Gasteiger partial charge in [0, 0.05) is 17.0 Å². The SMILES string of the molecule is CC1C[N+](C)(C)CC(COP(C)N2CCC(I)CC2)O1. The Bertz CT molecular complexity index is 312. The summed E-state index contributed by atoms with van der Waals surface area (Å²) in [6, 6.07) is 0. The van der Waals surface area contributed by atoms with Crippen molar-refractivity contribution < 1.29 is 13.7 Å². The van der Waals surface area contributed by atoms with E-state index in [0.717, 1.165) is 28.1 Å². The van der Waals surface area contributed by atoms with E-state index < -0.39 is 8.30 Å². The van der Waals surface area contributed by atoms with E-state index >= 15 is 0 Å². The molecule has 6 heteroatoms. The van der Waals surface area contributed by atoms with Crippen molar-refractivity contribution >= 4 is 30.9 Å². The second kappa shape index (κ2) is 7.51. The van der Waals surface area contributed by atoms with Crippen molar-refractivity contribution in [2.75, 3.05) is 53.5 Å². The zero-order chi connectivity index (χ0) is 14.8. The van der Waals surface area contributed by atoms with Crippen molar-refractivity contribution in [3.05, 3.63) is 0 Å². The van der Waals surface area contributed by atoms with E-state index in [4.69, 9.17) is 9.26 Å². The average Bonchev–Trinajstić information content (AvgIpc) is 2.34. The molecule has 0 saturated carbocycles. The lowest BCUT2D eigenvalue weighted by Gasteiger charge is -2.41. The number of morpholine rings is 1. The van der Waals surface area contributed by atoms with Crippen LogP contribution in [0.3, 0.4) is 0 Å². The van der Waals surface area contributed by atoms with Gasteiger partial charge in [-0.05, 0) is 26.4 Å². The summed E-state index contributed by atoms with van der Waals surface area (Å²) in [5.74, 6) is 0. The summed E-state index contributed by atoms with van der Waals surface area (Å²) < 4.78 is 16.6. The number of halogens is 1. The molecule has 20 heavy (non-hydrogen) atoms. The van der Waals surface area contributed by atoms with E-state index in [1.54, 1.807) is 0 Å². The fraction of sp³-hybridized carbons (Fsp3) is 1.00. The minimum absolute atomic E-state index is 0.251. The minimum Gasteiger partial charge on any atom is -0.361 e.